The highest BCUT2D eigenvalue weighted by molar-refractivity contribution is 14.1. The smallest absolute Gasteiger partial charge is 0.343 e. The first-order valence-corrected chi connectivity index (χ1v) is 13.3. The lowest BCUT2D eigenvalue weighted by atomic mass is 10.2. The van der Waals surface area contributed by atoms with E-state index in [1.807, 2.05) is 0 Å². The molecule has 2 saturated heterocycles. The molecule has 0 spiro atoms. The van der Waals surface area contributed by atoms with Gasteiger partial charge in [0.15, 0.2) is 0 Å². The molecule has 3 rings (SSSR count). The molecule has 11 nitrogen and oxygen atoms in total. The third-order valence-electron chi connectivity index (χ3n) is 4.57. The molecule has 4 N–H and O–H groups in total. The van der Waals surface area contributed by atoms with Crippen molar-refractivity contribution in [1.29, 1.82) is 0 Å². The Labute approximate surface area is 202 Å². The molecule has 2 unspecified atom stereocenters. The molecule has 3 heterocycles. The molecule has 0 bridgehead atoms. The van der Waals surface area contributed by atoms with Gasteiger partial charge in [-0.3, -0.25) is 18.9 Å². The number of aliphatic hydroxyl groups is 2. The molecule has 1 aromatic rings. The first kappa shape index (κ1) is 27.2. The maximum Gasteiger partial charge on any atom is 0.343 e. The number of aromatic nitrogens is 2. The number of nitrogens with one attached hydrogen (secondary N) is 2. The average Bonchev–Trinajstić information content (AvgIpc) is 3.12. The summed E-state index contributed by atoms with van der Waals surface area (Å²) < 4.78 is 26.1. The van der Waals surface area contributed by atoms with Crippen LogP contribution in [-0.2, 0) is 13.8 Å². The van der Waals surface area contributed by atoms with Gasteiger partial charge in [-0.05, 0) is 29.0 Å². The standard InChI is InChI=1S/C9H11IN2O5.C7H15Cl2N2O2P/c10-4-2-12(9(16)11-8(4)15)7-1-5(14)6(3-13)17-7;8-2-4-10-14(12)11(6-3-9)5-1-7-13-14/h2,5-7,13-14H,1,3H2,(H,11,15,16);1-7H2,(H,10,12)/t5-,6+,7?;/m0./s1. The minimum absolute atomic E-state index is 0.202. The summed E-state index contributed by atoms with van der Waals surface area (Å²) in [6, 6.07) is 0. The van der Waals surface area contributed by atoms with Gasteiger partial charge in [0.1, 0.15) is 12.3 Å². The maximum absolute atomic E-state index is 12.2. The zero-order valence-electron chi connectivity index (χ0n) is 16.6. The summed E-state index contributed by atoms with van der Waals surface area (Å²) >= 11 is 12.9. The van der Waals surface area contributed by atoms with E-state index in [0.717, 1.165) is 13.0 Å². The molecule has 31 heavy (non-hydrogen) atoms. The number of aliphatic hydroxyl groups excluding tert-OH is 2. The molecule has 0 aromatic carbocycles. The minimum atomic E-state index is -2.84. The number of hydrogen-bond acceptors (Lipinski definition) is 7. The molecule has 0 amide bonds. The lowest BCUT2D eigenvalue weighted by molar-refractivity contribution is -0.0459. The van der Waals surface area contributed by atoms with Gasteiger partial charge in [-0.1, -0.05) is 0 Å². The molecule has 0 aliphatic carbocycles. The molecule has 0 radical (unpaired) electrons. The van der Waals surface area contributed by atoms with Crippen LogP contribution in [0.1, 0.15) is 19.1 Å². The Morgan fingerprint density at radius 2 is 2.10 bits per heavy atom. The summed E-state index contributed by atoms with van der Waals surface area (Å²) in [6.07, 6.45) is 0.285. The third kappa shape index (κ3) is 7.49. The molecule has 1 aromatic heterocycles. The van der Waals surface area contributed by atoms with Crippen LogP contribution in [0.3, 0.4) is 0 Å². The second kappa shape index (κ2) is 13.0. The molecule has 2 aliphatic rings. The van der Waals surface area contributed by atoms with E-state index in [9.17, 15) is 19.3 Å². The van der Waals surface area contributed by atoms with E-state index < -0.39 is 37.4 Å². The number of alkyl halides is 2. The minimum Gasteiger partial charge on any atom is -0.394 e. The zero-order valence-corrected chi connectivity index (χ0v) is 21.1. The van der Waals surface area contributed by atoms with Crippen molar-refractivity contribution in [2.75, 3.05) is 44.6 Å². The van der Waals surface area contributed by atoms with E-state index in [1.54, 1.807) is 27.3 Å². The summed E-state index contributed by atoms with van der Waals surface area (Å²) in [6.45, 7) is 2.04. The van der Waals surface area contributed by atoms with Crippen LogP contribution in [0.25, 0.3) is 0 Å². The third-order valence-corrected chi connectivity index (χ3v) is 7.99. The highest BCUT2D eigenvalue weighted by atomic mass is 127. The van der Waals surface area contributed by atoms with E-state index in [4.69, 9.17) is 37.6 Å². The first-order chi connectivity index (χ1) is 14.8. The Morgan fingerprint density at radius 1 is 1.35 bits per heavy atom. The first-order valence-electron chi connectivity index (χ1n) is 9.58. The van der Waals surface area contributed by atoms with Crippen LogP contribution in [0, 0.1) is 3.57 Å². The topological polar surface area (TPSA) is 146 Å². The number of nitrogens with zero attached hydrogens (tertiary/aromatic N) is 2. The SMILES string of the molecule is O=P1(NCCCl)OCCCN1CCCl.O=c1[nH]c(=O)n(C2C[C@H](O)[C@@H](CO)O2)cc1I. The van der Waals surface area contributed by atoms with Crippen LogP contribution in [0.5, 0.6) is 0 Å². The number of ether oxygens (including phenoxy) is 1. The van der Waals surface area contributed by atoms with Crippen LogP contribution in [0.4, 0.5) is 0 Å². The van der Waals surface area contributed by atoms with Crippen molar-refractivity contribution in [1.82, 2.24) is 19.3 Å². The summed E-state index contributed by atoms with van der Waals surface area (Å²) in [4.78, 5) is 24.9. The highest BCUT2D eigenvalue weighted by Crippen LogP contribution is 2.48. The summed E-state index contributed by atoms with van der Waals surface area (Å²) in [5.41, 5.74) is -1.05. The van der Waals surface area contributed by atoms with Crippen molar-refractivity contribution in [2.24, 2.45) is 0 Å². The summed E-state index contributed by atoms with van der Waals surface area (Å²) in [5.74, 6) is 0.873. The van der Waals surface area contributed by atoms with Crippen LogP contribution in [0.2, 0.25) is 0 Å². The van der Waals surface area contributed by atoms with Crippen molar-refractivity contribution in [3.05, 3.63) is 30.6 Å². The summed E-state index contributed by atoms with van der Waals surface area (Å²) in [5, 5.41) is 21.3. The van der Waals surface area contributed by atoms with E-state index in [1.165, 1.54) is 10.8 Å². The van der Waals surface area contributed by atoms with Crippen molar-refractivity contribution in [3.63, 3.8) is 0 Å². The van der Waals surface area contributed by atoms with Crippen LogP contribution >= 0.6 is 53.5 Å². The van der Waals surface area contributed by atoms with Gasteiger partial charge in [-0.2, -0.15) is 0 Å². The lowest BCUT2D eigenvalue weighted by Crippen LogP contribution is -2.36. The monoisotopic (exact) mass is 614 g/mol. The van der Waals surface area contributed by atoms with Gasteiger partial charge in [0.25, 0.3) is 5.56 Å². The van der Waals surface area contributed by atoms with Crippen molar-refractivity contribution in [3.8, 4) is 0 Å². The molecule has 4 atom stereocenters. The second-order valence-electron chi connectivity index (χ2n) is 6.71. The van der Waals surface area contributed by atoms with Gasteiger partial charge in [-0.15, -0.1) is 23.2 Å². The van der Waals surface area contributed by atoms with Gasteiger partial charge in [-0.25, -0.2) is 14.6 Å². The lowest BCUT2D eigenvalue weighted by Gasteiger charge is -2.34. The quantitative estimate of drug-likeness (QED) is 0.198. The molecule has 2 fully saturated rings. The normalized spacial score (nSPS) is 28.9. The van der Waals surface area contributed by atoms with Gasteiger partial charge in [0.05, 0.1) is 22.9 Å². The maximum atomic E-state index is 12.2. The zero-order chi connectivity index (χ0) is 23.0. The summed E-state index contributed by atoms with van der Waals surface area (Å²) in [7, 11) is -2.84. The Morgan fingerprint density at radius 3 is 2.71 bits per heavy atom. The fourth-order valence-corrected chi connectivity index (χ4v) is 6.02. The van der Waals surface area contributed by atoms with Crippen molar-refractivity contribution >= 4 is 53.5 Å². The number of H-pyrrole nitrogens is 1. The Hall–Kier alpha value is -0.0200. The van der Waals surface area contributed by atoms with Crippen LogP contribution in [-0.4, -0.2) is 81.3 Å². The predicted octanol–water partition coefficient (Wildman–Crippen LogP) is 0.666. The van der Waals surface area contributed by atoms with E-state index in [0.29, 0.717) is 35.0 Å². The van der Waals surface area contributed by atoms with Gasteiger partial charge in [0.2, 0.25) is 0 Å². The molecule has 0 saturated carbocycles. The number of hydrogen-bond donors (Lipinski definition) is 4. The van der Waals surface area contributed by atoms with Crippen molar-refractivity contribution in [2.45, 2.75) is 31.3 Å². The number of halogens is 3. The Kier molecular flexibility index (Phi) is 11.4. The molecular formula is C16H26Cl2IN4O7P. The number of rotatable bonds is 7. The fourth-order valence-electron chi connectivity index (χ4n) is 3.04. The van der Waals surface area contributed by atoms with Crippen LogP contribution < -0.4 is 16.3 Å². The molecule has 2 aliphatic heterocycles. The van der Waals surface area contributed by atoms with Gasteiger partial charge >= 0.3 is 13.4 Å². The Bertz CT molecular complexity index is 871. The highest BCUT2D eigenvalue weighted by Gasteiger charge is 2.35. The largest absolute Gasteiger partial charge is 0.394 e. The van der Waals surface area contributed by atoms with Crippen LogP contribution in [0.15, 0.2) is 15.8 Å². The molecule has 178 valence electrons. The van der Waals surface area contributed by atoms with Gasteiger partial charge < -0.3 is 19.5 Å². The average molecular weight is 615 g/mol. The molecular weight excluding hydrogens is 589 g/mol. The predicted molar refractivity (Wildman–Crippen MR) is 125 cm³/mol. The van der Waals surface area contributed by atoms with E-state index >= 15 is 0 Å². The van der Waals surface area contributed by atoms with Crippen molar-refractivity contribution < 1.29 is 24.0 Å². The number of aromatic amines is 1. The van der Waals surface area contributed by atoms with Gasteiger partial charge in [0, 0.05) is 44.0 Å². The fraction of sp³-hybridized carbons (Fsp3) is 0.750. The van der Waals surface area contributed by atoms with E-state index in [-0.39, 0.29) is 13.0 Å². The van der Waals surface area contributed by atoms with E-state index in [2.05, 4.69) is 10.1 Å². The Balaban J connectivity index is 0.000000225. The second-order valence-corrected chi connectivity index (χ2v) is 10.8. The molecule has 15 heteroatoms.